The SMILES string of the molecule is CC(C)C[C@@H](NC(=O)C1(CNC(=O)OCC2c3ccccc3-c3ccccc32)CCC1)C(=O)O. The summed E-state index contributed by atoms with van der Waals surface area (Å²) in [6, 6.07) is 15.3. The predicted octanol–water partition coefficient (Wildman–Crippen LogP) is 4.31. The number of fused-ring (bicyclic) bond motifs is 3. The molecule has 2 aliphatic rings. The Morgan fingerprint density at radius 2 is 1.62 bits per heavy atom. The number of alkyl carbamates (subject to hydrolysis) is 1. The molecule has 0 aliphatic heterocycles. The van der Waals surface area contributed by atoms with Crippen molar-refractivity contribution in [2.45, 2.75) is 51.5 Å². The summed E-state index contributed by atoms with van der Waals surface area (Å²) in [5.41, 5.74) is 3.81. The van der Waals surface area contributed by atoms with Gasteiger partial charge in [0.15, 0.2) is 0 Å². The van der Waals surface area contributed by atoms with E-state index in [4.69, 9.17) is 4.74 Å². The second-order valence-corrected chi connectivity index (χ2v) is 9.81. The number of ether oxygens (including phenoxy) is 1. The van der Waals surface area contributed by atoms with Crippen molar-refractivity contribution in [1.29, 1.82) is 0 Å². The summed E-state index contributed by atoms with van der Waals surface area (Å²) in [6.45, 7) is 4.16. The van der Waals surface area contributed by atoms with E-state index in [1.807, 2.05) is 38.1 Å². The fourth-order valence-corrected chi connectivity index (χ4v) is 4.98. The van der Waals surface area contributed by atoms with E-state index in [1.54, 1.807) is 0 Å². The minimum atomic E-state index is -1.04. The topological polar surface area (TPSA) is 105 Å². The lowest BCUT2D eigenvalue weighted by Gasteiger charge is -2.40. The van der Waals surface area contributed by atoms with Crippen LogP contribution in [-0.2, 0) is 14.3 Å². The van der Waals surface area contributed by atoms with Crippen LogP contribution in [-0.4, -0.2) is 42.3 Å². The minimum absolute atomic E-state index is 0.0357. The minimum Gasteiger partial charge on any atom is -0.480 e. The lowest BCUT2D eigenvalue weighted by Crippen LogP contribution is -2.56. The van der Waals surface area contributed by atoms with Gasteiger partial charge >= 0.3 is 12.1 Å². The summed E-state index contributed by atoms with van der Waals surface area (Å²) in [5.74, 6) is -1.25. The van der Waals surface area contributed by atoms with Crippen molar-refractivity contribution >= 4 is 18.0 Å². The van der Waals surface area contributed by atoms with Crippen LogP contribution >= 0.6 is 0 Å². The Kier molecular flexibility index (Phi) is 6.91. The molecule has 4 rings (SSSR count). The number of aliphatic carboxylic acids is 1. The Hall–Kier alpha value is -3.35. The number of carboxylic acid groups (broad SMARTS) is 1. The average Bonchev–Trinajstić information content (AvgIpc) is 3.10. The molecule has 0 unspecified atom stereocenters. The highest BCUT2D eigenvalue weighted by Crippen LogP contribution is 2.44. The molecule has 0 aromatic heterocycles. The van der Waals surface area contributed by atoms with Gasteiger partial charge in [0, 0.05) is 12.5 Å². The summed E-state index contributed by atoms with van der Waals surface area (Å²) in [7, 11) is 0. The summed E-state index contributed by atoms with van der Waals surface area (Å²) >= 11 is 0. The van der Waals surface area contributed by atoms with Gasteiger partial charge in [-0.1, -0.05) is 68.8 Å². The first-order valence-corrected chi connectivity index (χ1v) is 11.9. The molecule has 2 aliphatic carbocycles. The smallest absolute Gasteiger partial charge is 0.407 e. The first kappa shape index (κ1) is 23.8. The van der Waals surface area contributed by atoms with Crippen LogP contribution in [0.5, 0.6) is 0 Å². The van der Waals surface area contributed by atoms with Crippen molar-refractivity contribution < 1.29 is 24.2 Å². The van der Waals surface area contributed by atoms with Gasteiger partial charge in [0.05, 0.1) is 5.41 Å². The van der Waals surface area contributed by atoms with Crippen molar-refractivity contribution in [2.24, 2.45) is 11.3 Å². The Morgan fingerprint density at radius 3 is 2.12 bits per heavy atom. The maximum absolute atomic E-state index is 12.9. The molecular weight excluding hydrogens is 432 g/mol. The molecule has 7 nitrogen and oxygen atoms in total. The third kappa shape index (κ3) is 4.79. The molecule has 180 valence electrons. The molecule has 0 radical (unpaired) electrons. The van der Waals surface area contributed by atoms with Gasteiger partial charge in [0.2, 0.25) is 5.91 Å². The van der Waals surface area contributed by atoms with Crippen molar-refractivity contribution in [3.05, 3.63) is 59.7 Å². The van der Waals surface area contributed by atoms with E-state index in [0.717, 1.165) is 28.7 Å². The summed E-state index contributed by atoms with van der Waals surface area (Å²) in [6.07, 6.45) is 1.86. The third-order valence-corrected chi connectivity index (χ3v) is 7.02. The molecule has 2 aromatic carbocycles. The zero-order valence-corrected chi connectivity index (χ0v) is 19.7. The second-order valence-electron chi connectivity index (χ2n) is 9.81. The van der Waals surface area contributed by atoms with Crippen LogP contribution in [0.15, 0.2) is 48.5 Å². The normalized spacial score (nSPS) is 16.7. The molecule has 0 heterocycles. The molecule has 0 saturated heterocycles. The molecule has 1 atom stereocenters. The maximum atomic E-state index is 12.9. The van der Waals surface area contributed by atoms with Gasteiger partial charge in [-0.3, -0.25) is 4.79 Å². The predicted molar refractivity (Wildman–Crippen MR) is 128 cm³/mol. The van der Waals surface area contributed by atoms with Crippen LogP contribution in [0.1, 0.15) is 56.6 Å². The number of benzene rings is 2. The van der Waals surface area contributed by atoms with Gasteiger partial charge in [0.25, 0.3) is 0 Å². The van der Waals surface area contributed by atoms with Gasteiger partial charge in [-0.25, -0.2) is 9.59 Å². The fraction of sp³-hybridized carbons (Fsp3) is 0.444. The van der Waals surface area contributed by atoms with Crippen LogP contribution in [0.25, 0.3) is 11.1 Å². The van der Waals surface area contributed by atoms with E-state index in [2.05, 4.69) is 34.9 Å². The summed E-state index contributed by atoms with van der Waals surface area (Å²) in [5, 5.41) is 14.9. The van der Waals surface area contributed by atoms with E-state index < -0.39 is 23.5 Å². The number of hydrogen-bond acceptors (Lipinski definition) is 4. The molecular formula is C27H32N2O5. The zero-order valence-electron chi connectivity index (χ0n) is 19.7. The Morgan fingerprint density at radius 1 is 1.03 bits per heavy atom. The van der Waals surface area contributed by atoms with Gasteiger partial charge in [-0.15, -0.1) is 0 Å². The first-order chi connectivity index (χ1) is 16.3. The van der Waals surface area contributed by atoms with Crippen molar-refractivity contribution in [1.82, 2.24) is 10.6 Å². The maximum Gasteiger partial charge on any atom is 0.407 e. The molecule has 34 heavy (non-hydrogen) atoms. The second kappa shape index (κ2) is 9.87. The standard InChI is InChI=1S/C27H32N2O5/c1-17(2)14-23(24(30)31)29-25(32)27(12-7-13-27)16-28-26(33)34-15-22-20-10-5-3-8-18(20)19-9-4-6-11-21(19)22/h3-6,8-11,17,22-23H,7,12-16H2,1-2H3,(H,28,33)(H,29,32)(H,30,31)/t23-/m1/s1. The van der Waals surface area contributed by atoms with Crippen LogP contribution in [0, 0.1) is 11.3 Å². The van der Waals surface area contributed by atoms with E-state index >= 15 is 0 Å². The largest absolute Gasteiger partial charge is 0.480 e. The number of amides is 2. The van der Waals surface area contributed by atoms with Crippen molar-refractivity contribution in [2.75, 3.05) is 13.2 Å². The van der Waals surface area contributed by atoms with Gasteiger partial charge in [0.1, 0.15) is 12.6 Å². The third-order valence-electron chi connectivity index (χ3n) is 7.02. The van der Waals surface area contributed by atoms with Gasteiger partial charge < -0.3 is 20.5 Å². The van der Waals surface area contributed by atoms with E-state index in [-0.39, 0.29) is 30.9 Å². The van der Waals surface area contributed by atoms with Crippen molar-refractivity contribution in [3.8, 4) is 11.1 Å². The Bertz CT molecular complexity index is 1030. The average molecular weight is 465 g/mol. The van der Waals surface area contributed by atoms with Crippen LogP contribution in [0.4, 0.5) is 4.79 Å². The molecule has 0 spiro atoms. The summed E-state index contributed by atoms with van der Waals surface area (Å²) in [4.78, 5) is 37.0. The molecule has 0 bridgehead atoms. The van der Waals surface area contributed by atoms with Crippen molar-refractivity contribution in [3.63, 3.8) is 0 Å². The van der Waals surface area contributed by atoms with E-state index in [1.165, 1.54) is 0 Å². The lowest BCUT2D eigenvalue weighted by molar-refractivity contribution is -0.146. The van der Waals surface area contributed by atoms with E-state index in [9.17, 15) is 19.5 Å². The molecule has 1 fully saturated rings. The monoisotopic (exact) mass is 464 g/mol. The Labute approximate surface area is 199 Å². The van der Waals surface area contributed by atoms with Crippen LogP contribution in [0.3, 0.4) is 0 Å². The number of carbonyl (C=O) groups excluding carboxylic acids is 2. The molecule has 2 aromatic rings. The highest BCUT2D eigenvalue weighted by atomic mass is 16.5. The van der Waals surface area contributed by atoms with Crippen LogP contribution < -0.4 is 10.6 Å². The van der Waals surface area contributed by atoms with Gasteiger partial charge in [-0.2, -0.15) is 0 Å². The first-order valence-electron chi connectivity index (χ1n) is 11.9. The molecule has 7 heteroatoms. The quantitative estimate of drug-likeness (QED) is 0.513. The number of carboxylic acids is 1. The summed E-state index contributed by atoms with van der Waals surface area (Å²) < 4.78 is 5.58. The number of nitrogens with one attached hydrogen (secondary N) is 2. The lowest BCUT2D eigenvalue weighted by atomic mass is 9.68. The molecule has 2 amide bonds. The zero-order chi connectivity index (χ0) is 24.3. The highest BCUT2D eigenvalue weighted by molar-refractivity contribution is 5.88. The Balaban J connectivity index is 1.35. The van der Waals surface area contributed by atoms with Gasteiger partial charge in [-0.05, 0) is 47.4 Å². The molecule has 1 saturated carbocycles. The molecule has 3 N–H and O–H groups in total. The highest BCUT2D eigenvalue weighted by Gasteiger charge is 2.45. The number of carbonyl (C=O) groups is 3. The van der Waals surface area contributed by atoms with Crippen LogP contribution in [0.2, 0.25) is 0 Å². The fourth-order valence-electron chi connectivity index (χ4n) is 4.98. The number of rotatable bonds is 9. The van der Waals surface area contributed by atoms with E-state index in [0.29, 0.717) is 19.3 Å². The number of hydrogen-bond donors (Lipinski definition) is 3.